The van der Waals surface area contributed by atoms with E-state index in [1.807, 2.05) is 17.5 Å². The van der Waals surface area contributed by atoms with E-state index in [1.165, 1.54) is 27.3 Å². The van der Waals surface area contributed by atoms with Crippen molar-refractivity contribution in [3.05, 3.63) is 41.7 Å². The number of amides is 2. The number of nitrogens with zero attached hydrogens (tertiary/aromatic N) is 5. The molecular weight excluding hydrogens is 392 g/mol. The molecule has 0 aliphatic rings. The Morgan fingerprint density at radius 3 is 2.86 bits per heavy atom. The van der Waals surface area contributed by atoms with Crippen LogP contribution in [0.1, 0.15) is 26.0 Å². The molecule has 3 rings (SSSR count). The molecule has 0 aliphatic carbocycles. The summed E-state index contributed by atoms with van der Waals surface area (Å²) >= 11 is 1.50. The second kappa shape index (κ2) is 9.97. The van der Waals surface area contributed by atoms with Crippen LogP contribution in [0.2, 0.25) is 0 Å². The maximum Gasteiger partial charge on any atom is 0.247 e. The molecule has 0 bridgehead atoms. The molecular formula is C19H24N6O3S. The maximum absolute atomic E-state index is 12.8. The van der Waals surface area contributed by atoms with Gasteiger partial charge in [0.05, 0.1) is 17.7 Å². The molecule has 10 heteroatoms. The van der Waals surface area contributed by atoms with E-state index in [-0.39, 0.29) is 31.4 Å². The number of hydrogen-bond acceptors (Lipinski definition) is 7. The number of thiophene rings is 1. The van der Waals surface area contributed by atoms with Crippen LogP contribution in [-0.4, -0.2) is 50.0 Å². The lowest BCUT2D eigenvalue weighted by Gasteiger charge is -2.21. The van der Waals surface area contributed by atoms with Gasteiger partial charge in [-0.2, -0.15) is 4.80 Å². The minimum absolute atomic E-state index is 0.0654. The molecule has 3 aromatic rings. The van der Waals surface area contributed by atoms with Gasteiger partial charge in [-0.05, 0) is 41.1 Å². The lowest BCUT2D eigenvalue weighted by molar-refractivity contribution is -0.137. The average Bonchev–Trinajstić information content (AvgIpc) is 3.43. The SMILES string of the molecule is CC(C)CCNC(=O)CN(Cc1ccco1)C(=O)Cn1nnc(-c2cccs2)n1. The van der Waals surface area contributed by atoms with Crippen LogP contribution in [0.4, 0.5) is 0 Å². The summed E-state index contributed by atoms with van der Waals surface area (Å²) in [6.45, 7) is 4.77. The highest BCUT2D eigenvalue weighted by Crippen LogP contribution is 2.19. The van der Waals surface area contributed by atoms with Gasteiger partial charge in [-0.15, -0.1) is 21.5 Å². The van der Waals surface area contributed by atoms with E-state index >= 15 is 0 Å². The van der Waals surface area contributed by atoms with Gasteiger partial charge >= 0.3 is 0 Å². The summed E-state index contributed by atoms with van der Waals surface area (Å²) in [7, 11) is 0. The molecule has 3 aromatic heterocycles. The zero-order valence-corrected chi connectivity index (χ0v) is 17.3. The van der Waals surface area contributed by atoms with Crippen LogP contribution in [0, 0.1) is 5.92 Å². The predicted octanol–water partition coefficient (Wildman–Crippen LogP) is 2.19. The molecule has 3 heterocycles. The van der Waals surface area contributed by atoms with Crippen LogP contribution < -0.4 is 5.32 Å². The van der Waals surface area contributed by atoms with Gasteiger partial charge in [0, 0.05) is 6.54 Å². The number of hydrogen-bond donors (Lipinski definition) is 1. The predicted molar refractivity (Wildman–Crippen MR) is 108 cm³/mol. The van der Waals surface area contributed by atoms with Crippen LogP contribution >= 0.6 is 11.3 Å². The van der Waals surface area contributed by atoms with E-state index in [4.69, 9.17) is 4.42 Å². The van der Waals surface area contributed by atoms with Crippen molar-refractivity contribution in [2.24, 2.45) is 5.92 Å². The fraction of sp³-hybridized carbons (Fsp3) is 0.421. The van der Waals surface area contributed by atoms with Gasteiger partial charge in [0.2, 0.25) is 17.6 Å². The van der Waals surface area contributed by atoms with Crippen LogP contribution in [0.15, 0.2) is 40.3 Å². The first-order chi connectivity index (χ1) is 14.0. The first-order valence-corrected chi connectivity index (χ1v) is 10.3. The highest BCUT2D eigenvalue weighted by Gasteiger charge is 2.20. The first-order valence-electron chi connectivity index (χ1n) is 9.40. The van der Waals surface area contributed by atoms with E-state index in [0.717, 1.165) is 11.3 Å². The molecule has 0 saturated heterocycles. The monoisotopic (exact) mass is 416 g/mol. The Morgan fingerprint density at radius 1 is 1.31 bits per heavy atom. The minimum Gasteiger partial charge on any atom is -0.467 e. The van der Waals surface area contributed by atoms with Crippen molar-refractivity contribution in [3.8, 4) is 10.7 Å². The van der Waals surface area contributed by atoms with Crippen LogP contribution in [-0.2, 0) is 22.7 Å². The van der Waals surface area contributed by atoms with Crippen molar-refractivity contribution in [1.82, 2.24) is 30.4 Å². The standard InChI is InChI=1S/C19H24N6O3S/c1-14(2)7-8-20-17(26)12-24(11-15-5-3-9-28-15)18(27)13-25-22-19(21-23-25)16-6-4-10-29-16/h3-6,9-10,14H,7-8,11-13H2,1-2H3,(H,20,26). The molecule has 9 nitrogen and oxygen atoms in total. The Balaban J connectivity index is 1.63. The number of furan rings is 1. The maximum atomic E-state index is 12.8. The summed E-state index contributed by atoms with van der Waals surface area (Å²) in [4.78, 5) is 28.7. The molecule has 0 unspecified atom stereocenters. The van der Waals surface area contributed by atoms with Gasteiger partial charge in [-0.3, -0.25) is 9.59 Å². The van der Waals surface area contributed by atoms with Crippen molar-refractivity contribution < 1.29 is 14.0 Å². The Labute approximate surface area is 172 Å². The Morgan fingerprint density at radius 2 is 2.17 bits per heavy atom. The molecule has 0 fully saturated rings. The second-order valence-corrected chi connectivity index (χ2v) is 7.93. The molecule has 0 spiro atoms. The summed E-state index contributed by atoms with van der Waals surface area (Å²) in [5, 5.41) is 17.0. The topological polar surface area (TPSA) is 106 Å². The Kier molecular flexibility index (Phi) is 7.12. The molecule has 0 saturated carbocycles. The number of carbonyl (C=O) groups excluding carboxylic acids is 2. The van der Waals surface area contributed by atoms with Gasteiger partial charge < -0.3 is 14.6 Å². The zero-order chi connectivity index (χ0) is 20.6. The molecule has 0 aliphatic heterocycles. The van der Waals surface area contributed by atoms with Crippen molar-refractivity contribution in [2.45, 2.75) is 33.4 Å². The van der Waals surface area contributed by atoms with Crippen molar-refractivity contribution in [3.63, 3.8) is 0 Å². The fourth-order valence-electron chi connectivity index (χ4n) is 2.59. The van der Waals surface area contributed by atoms with E-state index < -0.39 is 0 Å². The first kappa shape index (κ1) is 20.7. The summed E-state index contributed by atoms with van der Waals surface area (Å²) in [6, 6.07) is 7.29. The summed E-state index contributed by atoms with van der Waals surface area (Å²) in [5.41, 5.74) is 0. The number of carbonyl (C=O) groups is 2. The smallest absolute Gasteiger partial charge is 0.247 e. The normalized spacial score (nSPS) is 11.0. The Bertz CT molecular complexity index is 904. The highest BCUT2D eigenvalue weighted by molar-refractivity contribution is 7.13. The summed E-state index contributed by atoms with van der Waals surface area (Å²) in [5.74, 6) is 1.05. The van der Waals surface area contributed by atoms with Gasteiger partial charge in [0.15, 0.2) is 0 Å². The second-order valence-electron chi connectivity index (χ2n) is 6.98. The van der Waals surface area contributed by atoms with Gasteiger partial charge in [-0.1, -0.05) is 19.9 Å². The van der Waals surface area contributed by atoms with Crippen molar-refractivity contribution in [2.75, 3.05) is 13.1 Å². The number of rotatable bonds is 10. The van der Waals surface area contributed by atoms with Crippen LogP contribution in [0.5, 0.6) is 0 Å². The van der Waals surface area contributed by atoms with E-state index in [0.29, 0.717) is 24.0 Å². The Hall–Kier alpha value is -3.01. The average molecular weight is 417 g/mol. The van der Waals surface area contributed by atoms with E-state index in [2.05, 4.69) is 34.6 Å². The summed E-state index contributed by atoms with van der Waals surface area (Å²) in [6.07, 6.45) is 2.42. The number of nitrogens with one attached hydrogen (secondary N) is 1. The van der Waals surface area contributed by atoms with Gasteiger partial charge in [0.1, 0.15) is 18.8 Å². The molecule has 154 valence electrons. The third-order valence-corrected chi connectivity index (χ3v) is 4.99. The lowest BCUT2D eigenvalue weighted by atomic mass is 10.1. The molecule has 0 radical (unpaired) electrons. The van der Waals surface area contributed by atoms with Crippen molar-refractivity contribution >= 4 is 23.2 Å². The third-order valence-electron chi connectivity index (χ3n) is 4.13. The molecule has 0 atom stereocenters. The van der Waals surface area contributed by atoms with Crippen molar-refractivity contribution in [1.29, 1.82) is 0 Å². The number of tetrazole rings is 1. The summed E-state index contributed by atoms with van der Waals surface area (Å²) < 4.78 is 5.34. The minimum atomic E-state index is -0.296. The molecule has 1 N–H and O–H groups in total. The molecule has 29 heavy (non-hydrogen) atoms. The zero-order valence-electron chi connectivity index (χ0n) is 16.4. The van der Waals surface area contributed by atoms with E-state index in [1.54, 1.807) is 12.1 Å². The quantitative estimate of drug-likeness (QED) is 0.543. The van der Waals surface area contributed by atoms with Gasteiger partial charge in [-0.25, -0.2) is 0 Å². The number of aromatic nitrogens is 4. The van der Waals surface area contributed by atoms with Gasteiger partial charge in [0.25, 0.3) is 0 Å². The highest BCUT2D eigenvalue weighted by atomic mass is 32.1. The molecule has 2 amide bonds. The van der Waals surface area contributed by atoms with E-state index in [9.17, 15) is 9.59 Å². The fourth-order valence-corrected chi connectivity index (χ4v) is 3.24. The van der Waals surface area contributed by atoms with Crippen LogP contribution in [0.3, 0.4) is 0 Å². The molecule has 0 aromatic carbocycles. The lowest BCUT2D eigenvalue weighted by Crippen LogP contribution is -2.42. The van der Waals surface area contributed by atoms with Crippen LogP contribution in [0.25, 0.3) is 10.7 Å². The third kappa shape index (κ3) is 6.24. The largest absolute Gasteiger partial charge is 0.467 e.